The van der Waals surface area contributed by atoms with Crippen molar-refractivity contribution in [3.8, 4) is 0 Å². The molecule has 3 rings (SSSR count). The molecule has 0 bridgehead atoms. The number of carbonyl (C=O) groups is 1. The topological polar surface area (TPSA) is 73.0 Å². The molecule has 1 amide bonds. The van der Waals surface area contributed by atoms with Crippen molar-refractivity contribution in [1.82, 2.24) is 14.8 Å². The highest BCUT2D eigenvalue weighted by Gasteiger charge is 2.34. The molecule has 25 heavy (non-hydrogen) atoms. The van der Waals surface area contributed by atoms with Gasteiger partial charge in [-0.05, 0) is 41.1 Å². The summed E-state index contributed by atoms with van der Waals surface area (Å²) in [5, 5.41) is 6.48. The van der Waals surface area contributed by atoms with Crippen LogP contribution in [0.3, 0.4) is 0 Å². The van der Waals surface area contributed by atoms with Crippen LogP contribution in [0.25, 0.3) is 0 Å². The number of halogens is 4. The Morgan fingerprint density at radius 2 is 2.20 bits per heavy atom. The van der Waals surface area contributed by atoms with Gasteiger partial charge in [0.05, 0.1) is 16.5 Å². The Hall–Kier alpha value is -2.14. The number of nitrogens with zero attached hydrogens (tertiary/aromatic N) is 3. The van der Waals surface area contributed by atoms with Crippen LogP contribution in [-0.4, -0.2) is 20.7 Å². The lowest BCUT2D eigenvalue weighted by Crippen LogP contribution is -2.11. The molecule has 1 N–H and O–H groups in total. The van der Waals surface area contributed by atoms with E-state index in [0.717, 1.165) is 9.85 Å². The highest BCUT2D eigenvalue weighted by atomic mass is 79.9. The summed E-state index contributed by atoms with van der Waals surface area (Å²) in [5.41, 5.74) is -0.633. The molecule has 6 nitrogen and oxygen atoms in total. The number of anilines is 1. The fraction of sp³-hybridized carbons (Fsp3) is 0.214. The summed E-state index contributed by atoms with van der Waals surface area (Å²) in [6.07, 6.45) is -2.96. The normalized spacial score (nSPS) is 11.7. The van der Waals surface area contributed by atoms with Gasteiger partial charge in [-0.2, -0.15) is 18.3 Å². The minimum atomic E-state index is -4.51. The minimum Gasteiger partial charge on any atom is -0.454 e. The molecule has 11 heteroatoms. The van der Waals surface area contributed by atoms with Crippen LogP contribution < -0.4 is 5.32 Å². The van der Waals surface area contributed by atoms with Gasteiger partial charge in [0.2, 0.25) is 0 Å². The van der Waals surface area contributed by atoms with Crippen molar-refractivity contribution >= 4 is 38.3 Å². The maximum atomic E-state index is 12.7. The molecule has 0 spiro atoms. The number of carbonyl (C=O) groups excluding carboxylic acids is 1. The van der Waals surface area contributed by atoms with Gasteiger partial charge < -0.3 is 4.42 Å². The van der Waals surface area contributed by atoms with Gasteiger partial charge >= 0.3 is 6.18 Å². The number of nitrogens with one attached hydrogen (secondary N) is 1. The molecule has 0 aliphatic heterocycles. The third kappa shape index (κ3) is 4.10. The highest BCUT2D eigenvalue weighted by molar-refractivity contribution is 9.11. The first-order valence-corrected chi connectivity index (χ1v) is 8.46. The van der Waals surface area contributed by atoms with Crippen molar-refractivity contribution in [1.29, 1.82) is 0 Å². The van der Waals surface area contributed by atoms with Crippen molar-refractivity contribution in [2.24, 2.45) is 0 Å². The van der Waals surface area contributed by atoms with Crippen LogP contribution in [0.15, 0.2) is 32.6 Å². The van der Waals surface area contributed by atoms with Gasteiger partial charge in [0, 0.05) is 5.69 Å². The van der Waals surface area contributed by atoms with Gasteiger partial charge in [0.1, 0.15) is 5.76 Å². The smallest absolute Gasteiger partial charge is 0.435 e. The van der Waals surface area contributed by atoms with Crippen LogP contribution in [0.5, 0.6) is 0 Å². The number of rotatable bonds is 4. The maximum Gasteiger partial charge on any atom is 0.435 e. The van der Waals surface area contributed by atoms with Gasteiger partial charge in [-0.25, -0.2) is 4.98 Å². The molecule has 132 valence electrons. The second kappa shape index (κ2) is 6.64. The summed E-state index contributed by atoms with van der Waals surface area (Å²) in [7, 11) is 0. The van der Waals surface area contributed by atoms with E-state index in [-0.39, 0.29) is 12.3 Å². The fourth-order valence-electron chi connectivity index (χ4n) is 2.01. The molecule has 0 unspecified atom stereocenters. The highest BCUT2D eigenvalue weighted by Crippen LogP contribution is 2.28. The number of furan rings is 1. The SMILES string of the molecule is Cc1cc(C(F)(F)F)nn1Cc1ccc(C(=O)Nc2ncc(Br)s2)o1. The Balaban J connectivity index is 1.71. The number of alkyl halides is 3. The van der Waals surface area contributed by atoms with E-state index >= 15 is 0 Å². The van der Waals surface area contributed by atoms with Crippen LogP contribution in [0, 0.1) is 6.92 Å². The van der Waals surface area contributed by atoms with Crippen molar-refractivity contribution in [2.45, 2.75) is 19.6 Å². The molecule has 0 aliphatic rings. The molecule has 0 aromatic carbocycles. The Bertz CT molecular complexity index is 915. The van der Waals surface area contributed by atoms with E-state index in [1.807, 2.05) is 0 Å². The summed E-state index contributed by atoms with van der Waals surface area (Å²) < 4.78 is 45.4. The summed E-state index contributed by atoms with van der Waals surface area (Å²) in [5.74, 6) is -0.158. The number of hydrogen-bond donors (Lipinski definition) is 1. The molecule has 0 atom stereocenters. The molecule has 0 saturated carbocycles. The number of aryl methyl sites for hydroxylation is 1. The van der Waals surface area contributed by atoms with E-state index in [1.165, 1.54) is 35.1 Å². The average molecular weight is 435 g/mol. The van der Waals surface area contributed by atoms with Crippen LogP contribution in [-0.2, 0) is 12.7 Å². The molecule has 3 heterocycles. The molecule has 0 aliphatic carbocycles. The fourth-order valence-corrected chi connectivity index (χ4v) is 3.11. The van der Waals surface area contributed by atoms with Crippen LogP contribution >= 0.6 is 27.3 Å². The van der Waals surface area contributed by atoms with E-state index in [0.29, 0.717) is 16.6 Å². The zero-order valence-corrected chi connectivity index (χ0v) is 15.0. The Morgan fingerprint density at radius 1 is 1.44 bits per heavy atom. The summed E-state index contributed by atoms with van der Waals surface area (Å²) in [6.45, 7) is 1.50. The number of aromatic nitrogens is 3. The van der Waals surface area contributed by atoms with E-state index in [1.54, 1.807) is 6.20 Å². The van der Waals surface area contributed by atoms with E-state index in [9.17, 15) is 18.0 Å². The number of thiazole rings is 1. The summed E-state index contributed by atoms with van der Waals surface area (Å²) >= 11 is 4.47. The van der Waals surface area contributed by atoms with Crippen molar-refractivity contribution < 1.29 is 22.4 Å². The van der Waals surface area contributed by atoms with Gasteiger partial charge in [-0.1, -0.05) is 11.3 Å². The van der Waals surface area contributed by atoms with Gasteiger partial charge in [0.15, 0.2) is 16.6 Å². The number of amides is 1. The first-order chi connectivity index (χ1) is 11.7. The zero-order chi connectivity index (χ0) is 18.2. The average Bonchev–Trinajstić information content (AvgIpc) is 3.21. The second-order valence-electron chi connectivity index (χ2n) is 5.02. The Kier molecular flexibility index (Phi) is 4.69. The predicted molar refractivity (Wildman–Crippen MR) is 87.5 cm³/mol. The maximum absolute atomic E-state index is 12.7. The first-order valence-electron chi connectivity index (χ1n) is 6.85. The lowest BCUT2D eigenvalue weighted by molar-refractivity contribution is -0.141. The Morgan fingerprint density at radius 3 is 2.80 bits per heavy atom. The predicted octanol–water partition coefficient (Wildman–Crippen LogP) is 4.32. The van der Waals surface area contributed by atoms with E-state index in [2.05, 4.69) is 31.3 Å². The molecule has 0 saturated heterocycles. The number of hydrogen-bond acceptors (Lipinski definition) is 5. The van der Waals surface area contributed by atoms with Crippen LogP contribution in [0.4, 0.5) is 18.3 Å². The van der Waals surface area contributed by atoms with Crippen molar-refractivity contribution in [2.75, 3.05) is 5.32 Å². The Labute approximate surface area is 151 Å². The van der Waals surface area contributed by atoms with Crippen LogP contribution in [0.1, 0.15) is 27.7 Å². The van der Waals surface area contributed by atoms with Gasteiger partial charge in [-0.15, -0.1) is 0 Å². The quantitative estimate of drug-likeness (QED) is 0.663. The van der Waals surface area contributed by atoms with E-state index in [4.69, 9.17) is 4.42 Å². The standard InChI is InChI=1S/C14H10BrF3N4O2S/c1-7-4-10(14(16,17)18)21-22(7)6-8-2-3-9(24-8)12(23)20-13-19-5-11(15)25-13/h2-5H,6H2,1H3,(H,19,20,23). The summed E-state index contributed by atoms with van der Waals surface area (Å²) in [6, 6.07) is 3.91. The lowest BCUT2D eigenvalue weighted by atomic mass is 10.3. The summed E-state index contributed by atoms with van der Waals surface area (Å²) in [4.78, 5) is 16.0. The third-order valence-corrected chi connectivity index (χ3v) is 4.55. The van der Waals surface area contributed by atoms with Gasteiger partial charge in [0.25, 0.3) is 5.91 Å². The molecular formula is C14H10BrF3N4O2S. The minimum absolute atomic E-state index is 0.0159. The molecule has 0 fully saturated rings. The monoisotopic (exact) mass is 434 g/mol. The zero-order valence-electron chi connectivity index (χ0n) is 12.6. The second-order valence-corrected chi connectivity index (χ2v) is 7.43. The molecular weight excluding hydrogens is 425 g/mol. The van der Waals surface area contributed by atoms with E-state index < -0.39 is 17.8 Å². The van der Waals surface area contributed by atoms with Gasteiger partial charge in [-0.3, -0.25) is 14.8 Å². The van der Waals surface area contributed by atoms with Crippen molar-refractivity contribution in [3.05, 3.63) is 51.1 Å². The van der Waals surface area contributed by atoms with Crippen molar-refractivity contribution in [3.63, 3.8) is 0 Å². The third-order valence-electron chi connectivity index (χ3n) is 3.16. The first kappa shape index (κ1) is 17.7. The molecule has 3 aromatic rings. The largest absolute Gasteiger partial charge is 0.454 e. The van der Waals surface area contributed by atoms with Crippen LogP contribution in [0.2, 0.25) is 0 Å². The molecule has 3 aromatic heterocycles. The molecule has 0 radical (unpaired) electrons. The lowest BCUT2D eigenvalue weighted by Gasteiger charge is -2.03.